The molecule has 2 aliphatic rings. The number of ether oxygens (including phenoxy) is 1. The maximum atomic E-state index is 12.8. The average Bonchev–Trinajstić information content (AvgIpc) is 3.07. The van der Waals surface area contributed by atoms with Crippen molar-refractivity contribution in [1.82, 2.24) is 29.9 Å². The summed E-state index contributed by atoms with van der Waals surface area (Å²) in [5, 5.41) is 11.4. The van der Waals surface area contributed by atoms with Crippen molar-refractivity contribution in [2.45, 2.75) is 38.2 Å². The molecule has 134 valence electrons. The number of aromatic nitrogens is 5. The SMILES string of the molecule is CCCc1nc([C@@H]2CN(C(=O)[C@H]3C[C@H]3c3cnn(C)c3)CCO2)n[nH]1. The number of nitrogens with zero attached hydrogens (tertiary/aromatic N) is 5. The number of amides is 1. The van der Waals surface area contributed by atoms with Gasteiger partial charge in [0, 0.05) is 32.1 Å². The van der Waals surface area contributed by atoms with Crippen LogP contribution >= 0.6 is 0 Å². The zero-order chi connectivity index (χ0) is 17.4. The van der Waals surface area contributed by atoms with Crippen LogP contribution in [0, 0.1) is 5.92 Å². The molecule has 4 rings (SSSR count). The number of aryl methyl sites for hydroxylation is 2. The number of H-pyrrole nitrogens is 1. The van der Waals surface area contributed by atoms with E-state index in [1.165, 1.54) is 0 Å². The molecule has 1 N–H and O–H groups in total. The molecule has 0 aromatic carbocycles. The second kappa shape index (κ2) is 6.59. The van der Waals surface area contributed by atoms with Crippen molar-refractivity contribution >= 4 is 5.91 Å². The van der Waals surface area contributed by atoms with E-state index in [0.29, 0.717) is 31.4 Å². The number of nitrogens with one attached hydrogen (secondary N) is 1. The second-order valence-electron chi connectivity index (χ2n) is 6.93. The number of carbonyl (C=O) groups excluding carboxylic acids is 1. The Morgan fingerprint density at radius 1 is 1.48 bits per heavy atom. The van der Waals surface area contributed by atoms with Crippen molar-refractivity contribution in [3.05, 3.63) is 29.6 Å². The zero-order valence-corrected chi connectivity index (χ0v) is 14.7. The highest BCUT2D eigenvalue weighted by Gasteiger charge is 2.47. The van der Waals surface area contributed by atoms with Crippen LogP contribution in [0.2, 0.25) is 0 Å². The summed E-state index contributed by atoms with van der Waals surface area (Å²) in [6, 6.07) is 0. The Balaban J connectivity index is 1.38. The van der Waals surface area contributed by atoms with Crippen LogP contribution in [0.5, 0.6) is 0 Å². The topological polar surface area (TPSA) is 88.9 Å². The minimum absolute atomic E-state index is 0.0748. The van der Waals surface area contributed by atoms with Crippen LogP contribution in [0.25, 0.3) is 0 Å². The summed E-state index contributed by atoms with van der Waals surface area (Å²) >= 11 is 0. The van der Waals surface area contributed by atoms with Gasteiger partial charge in [0.2, 0.25) is 5.91 Å². The molecule has 1 saturated carbocycles. The Kier molecular flexibility index (Phi) is 4.29. The smallest absolute Gasteiger partial charge is 0.226 e. The highest BCUT2D eigenvalue weighted by Crippen LogP contribution is 2.48. The summed E-state index contributed by atoms with van der Waals surface area (Å²) < 4.78 is 7.59. The zero-order valence-electron chi connectivity index (χ0n) is 14.7. The molecule has 0 unspecified atom stereocenters. The lowest BCUT2D eigenvalue weighted by atomic mass is 10.1. The van der Waals surface area contributed by atoms with Gasteiger partial charge in [-0.15, -0.1) is 0 Å². The van der Waals surface area contributed by atoms with E-state index >= 15 is 0 Å². The number of hydrogen-bond acceptors (Lipinski definition) is 5. The number of hydrogen-bond donors (Lipinski definition) is 1. The molecule has 0 bridgehead atoms. The van der Waals surface area contributed by atoms with E-state index < -0.39 is 0 Å². The van der Waals surface area contributed by atoms with Gasteiger partial charge < -0.3 is 9.64 Å². The number of carbonyl (C=O) groups is 1. The summed E-state index contributed by atoms with van der Waals surface area (Å²) in [5.41, 5.74) is 1.16. The maximum Gasteiger partial charge on any atom is 0.226 e. The number of rotatable bonds is 5. The predicted octanol–water partition coefficient (Wildman–Crippen LogP) is 1.19. The van der Waals surface area contributed by atoms with Gasteiger partial charge in [0.05, 0.1) is 19.3 Å². The molecule has 3 heterocycles. The molecule has 1 saturated heterocycles. The molecule has 2 aromatic rings. The number of morpholine rings is 1. The third-order valence-electron chi connectivity index (χ3n) is 4.96. The van der Waals surface area contributed by atoms with Gasteiger partial charge in [-0.1, -0.05) is 6.92 Å². The molecule has 1 aliphatic heterocycles. The molecule has 0 spiro atoms. The predicted molar refractivity (Wildman–Crippen MR) is 89.7 cm³/mol. The molecule has 1 aliphatic carbocycles. The molecule has 0 radical (unpaired) electrons. The van der Waals surface area contributed by atoms with Crippen molar-refractivity contribution in [2.24, 2.45) is 13.0 Å². The molecular weight excluding hydrogens is 320 g/mol. The molecule has 3 atom stereocenters. The first-order valence-electron chi connectivity index (χ1n) is 8.95. The number of aromatic amines is 1. The van der Waals surface area contributed by atoms with Crippen molar-refractivity contribution in [3.63, 3.8) is 0 Å². The minimum atomic E-state index is -0.241. The minimum Gasteiger partial charge on any atom is -0.366 e. The fourth-order valence-corrected chi connectivity index (χ4v) is 3.51. The Labute approximate surface area is 146 Å². The van der Waals surface area contributed by atoms with E-state index in [4.69, 9.17) is 4.74 Å². The van der Waals surface area contributed by atoms with Crippen molar-refractivity contribution in [2.75, 3.05) is 19.7 Å². The van der Waals surface area contributed by atoms with Gasteiger partial charge >= 0.3 is 0 Å². The van der Waals surface area contributed by atoms with Gasteiger partial charge in [-0.3, -0.25) is 14.6 Å². The van der Waals surface area contributed by atoms with Crippen molar-refractivity contribution in [3.8, 4) is 0 Å². The van der Waals surface area contributed by atoms with Gasteiger partial charge in [-0.25, -0.2) is 4.98 Å². The van der Waals surface area contributed by atoms with Gasteiger partial charge in [0.25, 0.3) is 0 Å². The summed E-state index contributed by atoms with van der Waals surface area (Å²) in [7, 11) is 1.90. The largest absolute Gasteiger partial charge is 0.366 e. The third-order valence-corrected chi connectivity index (χ3v) is 4.96. The van der Waals surface area contributed by atoms with Crippen molar-refractivity contribution < 1.29 is 9.53 Å². The van der Waals surface area contributed by atoms with Crippen LogP contribution in [0.1, 0.15) is 49.0 Å². The molecule has 8 nitrogen and oxygen atoms in total. The van der Waals surface area contributed by atoms with E-state index in [1.807, 2.05) is 24.3 Å². The lowest BCUT2D eigenvalue weighted by molar-refractivity contribution is -0.140. The van der Waals surface area contributed by atoms with E-state index in [0.717, 1.165) is 30.7 Å². The van der Waals surface area contributed by atoms with Crippen LogP contribution in [0.15, 0.2) is 12.4 Å². The maximum absolute atomic E-state index is 12.8. The highest BCUT2D eigenvalue weighted by molar-refractivity contribution is 5.83. The first kappa shape index (κ1) is 16.3. The first-order valence-corrected chi connectivity index (χ1v) is 8.95. The lowest BCUT2D eigenvalue weighted by Gasteiger charge is -2.31. The Bertz CT molecular complexity index is 754. The van der Waals surface area contributed by atoms with E-state index in [2.05, 4.69) is 27.2 Å². The lowest BCUT2D eigenvalue weighted by Crippen LogP contribution is -2.43. The standard InChI is InChI=1S/C17H24N6O2/c1-3-4-15-19-16(21-20-15)14-10-23(5-6-25-14)17(24)13-7-12(13)11-8-18-22(2)9-11/h8-9,12-14H,3-7,10H2,1-2H3,(H,19,20,21)/t12-,13-,14-/m0/s1. The Morgan fingerprint density at radius 3 is 3.12 bits per heavy atom. The van der Waals surface area contributed by atoms with Crippen LogP contribution in [-0.2, 0) is 23.0 Å². The average molecular weight is 344 g/mol. The van der Waals surface area contributed by atoms with Crippen LogP contribution in [0.3, 0.4) is 0 Å². The fourth-order valence-electron chi connectivity index (χ4n) is 3.51. The Hall–Kier alpha value is -2.22. The Morgan fingerprint density at radius 2 is 2.36 bits per heavy atom. The van der Waals surface area contributed by atoms with Crippen LogP contribution in [0.4, 0.5) is 0 Å². The van der Waals surface area contributed by atoms with Crippen LogP contribution in [-0.4, -0.2) is 55.5 Å². The molecular formula is C17H24N6O2. The molecule has 25 heavy (non-hydrogen) atoms. The van der Waals surface area contributed by atoms with Crippen LogP contribution < -0.4 is 0 Å². The molecule has 2 aromatic heterocycles. The molecule has 8 heteroatoms. The summed E-state index contributed by atoms with van der Waals surface area (Å²) in [4.78, 5) is 19.2. The highest BCUT2D eigenvalue weighted by atomic mass is 16.5. The first-order chi connectivity index (χ1) is 12.2. The van der Waals surface area contributed by atoms with E-state index in [-0.39, 0.29) is 17.9 Å². The molecule has 2 fully saturated rings. The third kappa shape index (κ3) is 3.30. The van der Waals surface area contributed by atoms with Gasteiger partial charge in [-0.2, -0.15) is 10.2 Å². The van der Waals surface area contributed by atoms with E-state index in [1.54, 1.807) is 4.68 Å². The summed E-state index contributed by atoms with van der Waals surface area (Å²) in [6.45, 7) is 3.79. The second-order valence-corrected chi connectivity index (χ2v) is 6.93. The summed E-state index contributed by atoms with van der Waals surface area (Å²) in [6.07, 6.45) is 6.43. The van der Waals surface area contributed by atoms with Gasteiger partial charge in [-0.05, 0) is 24.3 Å². The monoisotopic (exact) mass is 344 g/mol. The van der Waals surface area contributed by atoms with Gasteiger partial charge in [0.1, 0.15) is 11.9 Å². The summed E-state index contributed by atoms with van der Waals surface area (Å²) in [5.74, 6) is 2.13. The fraction of sp³-hybridized carbons (Fsp3) is 0.647. The normalized spacial score (nSPS) is 26.0. The van der Waals surface area contributed by atoms with Crippen molar-refractivity contribution in [1.29, 1.82) is 0 Å². The molecule has 1 amide bonds. The van der Waals surface area contributed by atoms with Gasteiger partial charge in [0.15, 0.2) is 5.82 Å². The van der Waals surface area contributed by atoms with E-state index in [9.17, 15) is 4.79 Å². The quantitative estimate of drug-likeness (QED) is 0.880.